The van der Waals surface area contributed by atoms with E-state index in [0.717, 1.165) is 48.4 Å². The lowest BCUT2D eigenvalue weighted by Crippen LogP contribution is -2.51. The van der Waals surface area contributed by atoms with Gasteiger partial charge >= 0.3 is 0 Å². The summed E-state index contributed by atoms with van der Waals surface area (Å²) in [6.07, 6.45) is 1.16. The van der Waals surface area contributed by atoms with Crippen LogP contribution in [0.25, 0.3) is 0 Å². The molecule has 1 fully saturated rings. The molecule has 0 aromatic heterocycles. The molecule has 4 nitrogen and oxygen atoms in total. The van der Waals surface area contributed by atoms with Crippen molar-refractivity contribution in [1.29, 1.82) is 0 Å². The van der Waals surface area contributed by atoms with E-state index in [-0.39, 0.29) is 5.60 Å². The first-order valence-electron chi connectivity index (χ1n) is 9.68. The topological polar surface area (TPSA) is 52.9 Å². The molecule has 2 aliphatic heterocycles. The zero-order valence-electron chi connectivity index (χ0n) is 15.9. The Morgan fingerprint density at radius 2 is 1.89 bits per heavy atom. The van der Waals surface area contributed by atoms with Crippen LogP contribution in [0.4, 0.5) is 0 Å². The third-order valence-corrected chi connectivity index (χ3v) is 6.68. The molecule has 0 unspecified atom stereocenters. The number of rotatable bonds is 3. The second kappa shape index (κ2) is 7.85. The lowest BCUT2D eigenvalue weighted by atomic mass is 9.81. The van der Waals surface area contributed by atoms with E-state index < -0.39 is 12.2 Å². The molecule has 28 heavy (non-hydrogen) atoms. The van der Waals surface area contributed by atoms with Crippen LogP contribution >= 0.6 is 23.2 Å². The number of hydrogen-bond donors (Lipinski definition) is 2. The van der Waals surface area contributed by atoms with Crippen molar-refractivity contribution in [1.82, 2.24) is 4.90 Å². The number of piperidine rings is 1. The largest absolute Gasteiger partial charge is 0.487 e. The number of halogens is 2. The van der Waals surface area contributed by atoms with Crippen LogP contribution in [-0.4, -0.2) is 40.3 Å². The average molecular weight is 422 g/mol. The van der Waals surface area contributed by atoms with Crippen molar-refractivity contribution in [3.63, 3.8) is 0 Å². The Labute approximate surface area is 175 Å². The molecule has 2 aliphatic rings. The number of ether oxygens (including phenoxy) is 1. The second-order valence-corrected chi connectivity index (χ2v) is 8.85. The molecule has 1 spiro atoms. The van der Waals surface area contributed by atoms with E-state index in [1.807, 2.05) is 31.2 Å². The summed E-state index contributed by atoms with van der Waals surface area (Å²) in [5.41, 5.74) is 2.46. The fourth-order valence-electron chi connectivity index (χ4n) is 4.28. The second-order valence-electron chi connectivity index (χ2n) is 8.04. The van der Waals surface area contributed by atoms with Crippen molar-refractivity contribution in [2.45, 2.75) is 44.0 Å². The third kappa shape index (κ3) is 4.03. The Balaban J connectivity index is 1.39. The number of nitrogens with zero attached hydrogens (tertiary/aromatic N) is 1. The molecule has 0 saturated carbocycles. The molecule has 150 valence electrons. The monoisotopic (exact) mass is 421 g/mol. The number of likely N-dealkylation sites (tertiary alicyclic amines) is 1. The molecule has 0 bridgehead atoms. The van der Waals surface area contributed by atoms with Crippen molar-refractivity contribution in [2.75, 3.05) is 19.6 Å². The minimum absolute atomic E-state index is 0.327. The van der Waals surface area contributed by atoms with Gasteiger partial charge in [-0.2, -0.15) is 0 Å². The molecule has 2 aromatic rings. The first-order chi connectivity index (χ1) is 13.3. The van der Waals surface area contributed by atoms with Crippen molar-refractivity contribution < 1.29 is 14.9 Å². The highest BCUT2D eigenvalue weighted by Gasteiger charge is 2.43. The summed E-state index contributed by atoms with van der Waals surface area (Å²) < 4.78 is 6.37. The molecule has 2 heterocycles. The number of fused-ring (bicyclic) bond motifs is 1. The predicted molar refractivity (Wildman–Crippen MR) is 111 cm³/mol. The Kier molecular flexibility index (Phi) is 5.60. The van der Waals surface area contributed by atoms with Crippen molar-refractivity contribution in [3.05, 3.63) is 63.1 Å². The molecule has 0 radical (unpaired) electrons. The summed E-state index contributed by atoms with van der Waals surface area (Å²) in [4.78, 5) is 2.23. The van der Waals surface area contributed by atoms with E-state index in [9.17, 15) is 10.2 Å². The molecule has 0 aliphatic carbocycles. The normalized spacial score (nSPS) is 22.5. The summed E-state index contributed by atoms with van der Waals surface area (Å²) in [7, 11) is 0. The highest BCUT2D eigenvalue weighted by Crippen LogP contribution is 2.44. The first kappa shape index (κ1) is 20.0. The van der Waals surface area contributed by atoms with Gasteiger partial charge in [-0.25, -0.2) is 0 Å². The molecule has 2 atom stereocenters. The van der Waals surface area contributed by atoms with Crippen LogP contribution in [0, 0.1) is 6.92 Å². The zero-order valence-corrected chi connectivity index (χ0v) is 17.4. The lowest BCUT2D eigenvalue weighted by molar-refractivity contribution is -0.0588. The fourth-order valence-corrected chi connectivity index (χ4v) is 4.58. The van der Waals surface area contributed by atoms with Crippen LogP contribution < -0.4 is 4.74 Å². The van der Waals surface area contributed by atoms with Crippen LogP contribution in [0.15, 0.2) is 36.4 Å². The SMILES string of the molecule is Cc1ccc2c(c1)[C@@H](O)CC1(CCN(C[C@@H](O)c3ccc(Cl)c(Cl)c3)CC1)O2. The maximum atomic E-state index is 10.7. The Morgan fingerprint density at radius 3 is 2.61 bits per heavy atom. The summed E-state index contributed by atoms with van der Waals surface area (Å²) in [5.74, 6) is 0.800. The summed E-state index contributed by atoms with van der Waals surface area (Å²) >= 11 is 12.0. The van der Waals surface area contributed by atoms with Crippen molar-refractivity contribution in [3.8, 4) is 5.75 Å². The van der Waals surface area contributed by atoms with Gasteiger partial charge in [-0.15, -0.1) is 0 Å². The maximum Gasteiger partial charge on any atom is 0.125 e. The van der Waals surface area contributed by atoms with Crippen molar-refractivity contribution >= 4 is 23.2 Å². The maximum absolute atomic E-state index is 10.7. The number of benzene rings is 2. The van der Waals surface area contributed by atoms with Gasteiger partial charge in [0.25, 0.3) is 0 Å². The summed E-state index contributed by atoms with van der Waals surface area (Å²) in [6.45, 7) is 4.18. The van der Waals surface area contributed by atoms with Crippen LogP contribution in [0.2, 0.25) is 10.0 Å². The molecule has 0 amide bonds. The average Bonchev–Trinajstić information content (AvgIpc) is 2.67. The number of β-amino-alcohol motifs (C(OH)–C–C–N with tert-alkyl or cyclic N) is 1. The van der Waals surface area contributed by atoms with E-state index in [4.69, 9.17) is 27.9 Å². The van der Waals surface area contributed by atoms with Crippen molar-refractivity contribution in [2.24, 2.45) is 0 Å². The van der Waals surface area contributed by atoms with E-state index >= 15 is 0 Å². The molecular weight excluding hydrogens is 397 g/mol. The van der Waals surface area contributed by atoms with Gasteiger partial charge in [0.1, 0.15) is 11.4 Å². The molecule has 4 rings (SSSR count). The van der Waals surface area contributed by atoms with Crippen LogP contribution in [0.3, 0.4) is 0 Å². The van der Waals surface area contributed by atoms with Gasteiger partial charge in [-0.05, 0) is 49.6 Å². The standard InChI is InChI=1S/C22H25Cl2NO3/c1-14-2-5-21-16(10-14)19(26)12-22(28-21)6-8-25(9-7-22)13-20(27)15-3-4-17(23)18(24)11-15/h2-5,10-11,19-20,26-27H,6-9,12-13H2,1H3/t19-,20+/m0/s1. The van der Waals surface area contributed by atoms with Crippen LogP contribution in [-0.2, 0) is 0 Å². The van der Waals surface area contributed by atoms with Gasteiger partial charge in [0.15, 0.2) is 0 Å². The smallest absolute Gasteiger partial charge is 0.125 e. The molecular formula is C22H25Cl2NO3. The Morgan fingerprint density at radius 1 is 1.14 bits per heavy atom. The highest BCUT2D eigenvalue weighted by molar-refractivity contribution is 6.42. The highest BCUT2D eigenvalue weighted by atomic mass is 35.5. The Hall–Kier alpha value is -1.30. The van der Waals surface area contributed by atoms with Crippen LogP contribution in [0.5, 0.6) is 5.75 Å². The minimum atomic E-state index is -0.620. The van der Waals surface area contributed by atoms with Gasteiger partial charge < -0.3 is 19.8 Å². The number of aryl methyl sites for hydroxylation is 1. The van der Waals surface area contributed by atoms with E-state index in [1.54, 1.807) is 12.1 Å². The van der Waals surface area contributed by atoms with E-state index in [0.29, 0.717) is 23.0 Å². The number of aliphatic hydroxyl groups is 2. The van der Waals surface area contributed by atoms with E-state index in [2.05, 4.69) is 4.90 Å². The first-order valence-corrected chi connectivity index (χ1v) is 10.4. The number of hydrogen-bond acceptors (Lipinski definition) is 4. The predicted octanol–water partition coefficient (Wildman–Crippen LogP) is 4.69. The van der Waals surface area contributed by atoms with Gasteiger partial charge in [-0.1, -0.05) is 40.9 Å². The zero-order chi connectivity index (χ0) is 19.9. The fraction of sp³-hybridized carbons (Fsp3) is 0.455. The van der Waals surface area contributed by atoms with Gasteiger partial charge in [0.05, 0.1) is 22.3 Å². The Bertz CT molecular complexity index is 865. The van der Waals surface area contributed by atoms with Gasteiger partial charge in [0.2, 0.25) is 0 Å². The molecule has 2 N–H and O–H groups in total. The van der Waals surface area contributed by atoms with Crippen LogP contribution in [0.1, 0.15) is 48.2 Å². The molecule has 2 aromatic carbocycles. The van der Waals surface area contributed by atoms with E-state index in [1.165, 1.54) is 0 Å². The minimum Gasteiger partial charge on any atom is -0.487 e. The van der Waals surface area contributed by atoms with Gasteiger partial charge in [-0.3, -0.25) is 0 Å². The lowest BCUT2D eigenvalue weighted by Gasteiger charge is -2.46. The molecule has 1 saturated heterocycles. The quantitative estimate of drug-likeness (QED) is 0.754. The molecule has 6 heteroatoms. The summed E-state index contributed by atoms with van der Waals surface area (Å²) in [6, 6.07) is 11.2. The van der Waals surface area contributed by atoms with Gasteiger partial charge in [0, 0.05) is 31.6 Å². The number of aliphatic hydroxyl groups excluding tert-OH is 2. The summed E-state index contributed by atoms with van der Waals surface area (Å²) in [5, 5.41) is 22.2. The third-order valence-electron chi connectivity index (χ3n) is 5.94.